The summed E-state index contributed by atoms with van der Waals surface area (Å²) >= 11 is 5.99. The largest absolute Gasteiger partial charge is 0.471 e. The number of halogens is 4. The lowest BCUT2D eigenvalue weighted by atomic mass is 10.1. The number of rotatable bonds is 3. The molecule has 0 N–H and O–H groups in total. The maximum Gasteiger partial charge on any atom is 0.417 e. The molecule has 0 atom stereocenters. The molecule has 0 unspecified atom stereocenters. The highest BCUT2D eigenvalue weighted by Crippen LogP contribution is 2.31. The van der Waals surface area contributed by atoms with Crippen molar-refractivity contribution in [3.8, 4) is 5.88 Å². The number of aromatic nitrogens is 2. The van der Waals surface area contributed by atoms with E-state index in [1.165, 1.54) is 6.07 Å². The fourth-order valence-electron chi connectivity index (χ4n) is 2.34. The molecule has 122 valence electrons. The Balaban J connectivity index is 1.59. The van der Waals surface area contributed by atoms with Crippen LogP contribution in [0, 0.1) is 6.92 Å². The van der Waals surface area contributed by atoms with Gasteiger partial charge in [-0.25, -0.2) is 9.97 Å². The molecule has 1 fully saturated rings. The third-order valence-electron chi connectivity index (χ3n) is 3.65. The summed E-state index contributed by atoms with van der Waals surface area (Å²) in [6, 6.07) is 4.07. The van der Waals surface area contributed by atoms with E-state index in [4.69, 9.17) is 16.3 Å². The zero-order valence-electron chi connectivity index (χ0n) is 12.1. The standard InChI is InChI=1S/C15H13ClF3N3O/c1-9-12(4-5-20-14(9)16)22-7-11(8-22)23-13-3-2-10(6-21-13)15(17,18)19/h2-6,11H,7-8H2,1H3. The van der Waals surface area contributed by atoms with Gasteiger partial charge >= 0.3 is 6.18 Å². The van der Waals surface area contributed by atoms with Crippen molar-refractivity contribution >= 4 is 17.3 Å². The molecule has 3 heterocycles. The van der Waals surface area contributed by atoms with Gasteiger partial charge in [0.2, 0.25) is 5.88 Å². The van der Waals surface area contributed by atoms with Crippen LogP contribution in [0.5, 0.6) is 5.88 Å². The quantitative estimate of drug-likeness (QED) is 0.796. The van der Waals surface area contributed by atoms with Gasteiger partial charge in [0.05, 0.1) is 18.7 Å². The molecule has 0 amide bonds. The summed E-state index contributed by atoms with van der Waals surface area (Å²) in [5.74, 6) is 0.187. The first-order valence-electron chi connectivity index (χ1n) is 6.90. The molecule has 0 radical (unpaired) electrons. The van der Waals surface area contributed by atoms with E-state index < -0.39 is 11.7 Å². The van der Waals surface area contributed by atoms with Gasteiger partial charge in [-0.05, 0) is 19.1 Å². The Hall–Kier alpha value is -2.02. The van der Waals surface area contributed by atoms with Crippen molar-refractivity contribution in [2.24, 2.45) is 0 Å². The van der Waals surface area contributed by atoms with Crippen LogP contribution in [0.25, 0.3) is 0 Å². The molecule has 0 aromatic carbocycles. The van der Waals surface area contributed by atoms with Crippen molar-refractivity contribution in [2.75, 3.05) is 18.0 Å². The maximum atomic E-state index is 12.5. The monoisotopic (exact) mass is 343 g/mol. The number of anilines is 1. The van der Waals surface area contributed by atoms with Gasteiger partial charge in [-0.2, -0.15) is 13.2 Å². The Labute approximate surface area is 135 Å². The molecule has 0 bridgehead atoms. The normalized spacial score (nSPS) is 15.4. The lowest BCUT2D eigenvalue weighted by Gasteiger charge is -2.41. The first kappa shape index (κ1) is 15.9. The molecule has 3 rings (SSSR count). The Morgan fingerprint density at radius 2 is 1.96 bits per heavy atom. The van der Waals surface area contributed by atoms with E-state index in [0.717, 1.165) is 23.5 Å². The summed E-state index contributed by atoms with van der Waals surface area (Å²) in [6.07, 6.45) is -2.10. The second-order valence-electron chi connectivity index (χ2n) is 5.27. The highest BCUT2D eigenvalue weighted by molar-refractivity contribution is 6.30. The van der Waals surface area contributed by atoms with Crippen LogP contribution in [0.15, 0.2) is 30.6 Å². The van der Waals surface area contributed by atoms with Gasteiger partial charge in [0.25, 0.3) is 0 Å². The van der Waals surface area contributed by atoms with Crippen molar-refractivity contribution < 1.29 is 17.9 Å². The molecule has 2 aromatic heterocycles. The number of hydrogen-bond donors (Lipinski definition) is 0. The van der Waals surface area contributed by atoms with Crippen LogP contribution in [0.4, 0.5) is 18.9 Å². The summed E-state index contributed by atoms with van der Waals surface area (Å²) in [5.41, 5.74) is 1.08. The summed E-state index contributed by atoms with van der Waals surface area (Å²) in [6.45, 7) is 3.12. The zero-order valence-corrected chi connectivity index (χ0v) is 12.9. The summed E-state index contributed by atoms with van der Waals surface area (Å²) in [5, 5.41) is 0.455. The van der Waals surface area contributed by atoms with Crippen LogP contribution >= 0.6 is 11.6 Å². The van der Waals surface area contributed by atoms with E-state index in [1.807, 2.05) is 13.0 Å². The number of alkyl halides is 3. The van der Waals surface area contributed by atoms with Crippen molar-refractivity contribution in [3.05, 3.63) is 46.9 Å². The molecule has 0 saturated carbocycles. The first-order chi connectivity index (χ1) is 10.8. The van der Waals surface area contributed by atoms with E-state index in [2.05, 4.69) is 14.9 Å². The second-order valence-corrected chi connectivity index (χ2v) is 5.63. The van der Waals surface area contributed by atoms with Gasteiger partial charge in [-0.3, -0.25) is 0 Å². The molecule has 0 spiro atoms. The summed E-state index contributed by atoms with van der Waals surface area (Å²) in [4.78, 5) is 9.77. The molecule has 8 heteroatoms. The average molecular weight is 344 g/mol. The lowest BCUT2D eigenvalue weighted by Crippen LogP contribution is -2.54. The molecule has 2 aromatic rings. The average Bonchev–Trinajstić information content (AvgIpc) is 2.45. The van der Waals surface area contributed by atoms with Gasteiger partial charge in [-0.1, -0.05) is 11.6 Å². The highest BCUT2D eigenvalue weighted by Gasteiger charge is 2.32. The molecular weight excluding hydrogens is 331 g/mol. The van der Waals surface area contributed by atoms with Crippen molar-refractivity contribution in [3.63, 3.8) is 0 Å². The summed E-state index contributed by atoms with van der Waals surface area (Å²) < 4.78 is 43.0. The Bertz CT molecular complexity index is 700. The predicted octanol–water partition coefficient (Wildman–Crippen LogP) is 3.72. The molecule has 1 aliphatic rings. The van der Waals surface area contributed by atoms with E-state index in [9.17, 15) is 13.2 Å². The fourth-order valence-corrected chi connectivity index (χ4v) is 2.49. The van der Waals surface area contributed by atoms with Crippen LogP contribution in [-0.2, 0) is 6.18 Å². The number of pyridine rings is 2. The van der Waals surface area contributed by atoms with E-state index in [1.54, 1.807) is 6.20 Å². The minimum absolute atomic E-state index is 0.120. The topological polar surface area (TPSA) is 38.2 Å². The van der Waals surface area contributed by atoms with E-state index >= 15 is 0 Å². The number of hydrogen-bond acceptors (Lipinski definition) is 4. The second kappa shape index (κ2) is 5.88. The Morgan fingerprint density at radius 3 is 2.57 bits per heavy atom. The smallest absolute Gasteiger partial charge is 0.417 e. The Morgan fingerprint density at radius 1 is 1.22 bits per heavy atom. The SMILES string of the molecule is Cc1c(N2CC(Oc3ccc(C(F)(F)F)cn3)C2)ccnc1Cl. The minimum Gasteiger partial charge on any atom is -0.471 e. The van der Waals surface area contributed by atoms with Gasteiger partial charge in [0, 0.05) is 29.7 Å². The van der Waals surface area contributed by atoms with Crippen LogP contribution in [0.3, 0.4) is 0 Å². The van der Waals surface area contributed by atoms with Gasteiger partial charge in [0.1, 0.15) is 11.3 Å². The van der Waals surface area contributed by atoms with Gasteiger partial charge in [-0.15, -0.1) is 0 Å². The molecule has 1 saturated heterocycles. The lowest BCUT2D eigenvalue weighted by molar-refractivity contribution is -0.137. The van der Waals surface area contributed by atoms with E-state index in [-0.39, 0.29) is 12.0 Å². The third kappa shape index (κ3) is 3.34. The fraction of sp³-hybridized carbons (Fsp3) is 0.333. The van der Waals surface area contributed by atoms with Crippen LogP contribution < -0.4 is 9.64 Å². The van der Waals surface area contributed by atoms with Crippen LogP contribution in [0.1, 0.15) is 11.1 Å². The van der Waals surface area contributed by atoms with Gasteiger partial charge in [0.15, 0.2) is 0 Å². The van der Waals surface area contributed by atoms with Crippen LogP contribution in [-0.4, -0.2) is 29.2 Å². The summed E-state index contributed by atoms with van der Waals surface area (Å²) in [7, 11) is 0. The third-order valence-corrected chi connectivity index (χ3v) is 4.03. The maximum absolute atomic E-state index is 12.5. The van der Waals surface area contributed by atoms with E-state index in [0.29, 0.717) is 18.2 Å². The number of ether oxygens (including phenoxy) is 1. The molecule has 4 nitrogen and oxygen atoms in total. The predicted molar refractivity (Wildman–Crippen MR) is 79.9 cm³/mol. The molecule has 1 aliphatic heterocycles. The van der Waals surface area contributed by atoms with Crippen molar-refractivity contribution in [1.29, 1.82) is 0 Å². The molecule has 23 heavy (non-hydrogen) atoms. The van der Waals surface area contributed by atoms with Gasteiger partial charge < -0.3 is 9.64 Å². The first-order valence-corrected chi connectivity index (χ1v) is 7.28. The molecule has 0 aliphatic carbocycles. The Kier molecular flexibility index (Phi) is 4.06. The zero-order chi connectivity index (χ0) is 16.6. The minimum atomic E-state index is -4.39. The van der Waals surface area contributed by atoms with Crippen molar-refractivity contribution in [2.45, 2.75) is 19.2 Å². The number of nitrogens with zero attached hydrogens (tertiary/aromatic N) is 3. The highest BCUT2D eigenvalue weighted by atomic mass is 35.5. The molecular formula is C15H13ClF3N3O. The van der Waals surface area contributed by atoms with Crippen molar-refractivity contribution in [1.82, 2.24) is 9.97 Å². The van der Waals surface area contributed by atoms with Crippen LogP contribution in [0.2, 0.25) is 5.15 Å².